The molecule has 0 radical (unpaired) electrons. The maximum Gasteiger partial charge on any atom is 0.242 e. The minimum atomic E-state index is -3.72. The second-order valence-corrected chi connectivity index (χ2v) is 11.1. The highest BCUT2D eigenvalue weighted by molar-refractivity contribution is 7.89. The van der Waals surface area contributed by atoms with Gasteiger partial charge in [0.15, 0.2) is 0 Å². The van der Waals surface area contributed by atoms with E-state index in [0.717, 1.165) is 5.56 Å². The number of likely N-dealkylation sites (N-methyl/N-ethyl adjacent to an activating group) is 1. The Bertz CT molecular complexity index is 1060. The molecule has 1 aromatic heterocycles. The first kappa shape index (κ1) is 26.3. The van der Waals surface area contributed by atoms with Gasteiger partial charge in [-0.25, -0.2) is 8.42 Å². The molecule has 0 saturated heterocycles. The second-order valence-electron chi connectivity index (χ2n) is 9.08. The van der Waals surface area contributed by atoms with Crippen molar-refractivity contribution >= 4 is 15.9 Å². The molecule has 2 bridgehead atoms. The highest BCUT2D eigenvalue weighted by atomic mass is 32.2. The fraction of sp³-hybridized carbons (Fsp3) is 0.609. The molecule has 3 atom stereocenters. The van der Waals surface area contributed by atoms with Gasteiger partial charge in [0.1, 0.15) is 5.69 Å². The van der Waals surface area contributed by atoms with Crippen molar-refractivity contribution in [3.8, 4) is 0 Å². The standard InChI is InChI=1S/C23H35N5O5S/c1-17-7-9-21(10-8-17)34(31,32)26(4)14-22-18(2)12-28(19(3)15-29)23(30)6-5-11-27-13-20(16-33-22)24-25-27/h7-10,13,18-19,22,29H,5-6,11-12,14-16H2,1-4H3/t18-,19+,22+/m1/s1. The number of hydrogen-bond donors (Lipinski definition) is 1. The summed E-state index contributed by atoms with van der Waals surface area (Å²) in [6, 6.07) is 6.37. The maximum atomic E-state index is 13.2. The van der Waals surface area contributed by atoms with Crippen LogP contribution in [0.5, 0.6) is 0 Å². The molecule has 1 aliphatic rings. The van der Waals surface area contributed by atoms with Crippen LogP contribution in [-0.4, -0.2) is 82.5 Å². The maximum absolute atomic E-state index is 13.2. The molecule has 2 aromatic rings. The monoisotopic (exact) mass is 493 g/mol. The zero-order valence-corrected chi connectivity index (χ0v) is 21.1. The molecule has 1 N–H and O–H groups in total. The first-order valence-corrected chi connectivity index (χ1v) is 13.0. The molecule has 1 aliphatic heterocycles. The third-order valence-corrected chi connectivity index (χ3v) is 8.05. The lowest BCUT2D eigenvalue weighted by molar-refractivity contribution is -0.136. The molecular weight excluding hydrogens is 458 g/mol. The number of carbonyl (C=O) groups is 1. The lowest BCUT2D eigenvalue weighted by Crippen LogP contribution is -2.47. The van der Waals surface area contributed by atoms with E-state index < -0.39 is 16.1 Å². The van der Waals surface area contributed by atoms with E-state index in [1.807, 2.05) is 13.8 Å². The van der Waals surface area contributed by atoms with Crippen LogP contribution in [0.1, 0.15) is 37.9 Å². The van der Waals surface area contributed by atoms with Crippen molar-refractivity contribution in [2.75, 3.05) is 26.7 Å². The molecule has 2 heterocycles. The van der Waals surface area contributed by atoms with Crippen molar-refractivity contribution in [2.24, 2.45) is 5.92 Å². The molecule has 11 heteroatoms. The Balaban J connectivity index is 1.85. The van der Waals surface area contributed by atoms with Crippen molar-refractivity contribution in [3.05, 3.63) is 41.7 Å². The van der Waals surface area contributed by atoms with E-state index in [1.54, 1.807) is 47.0 Å². The van der Waals surface area contributed by atoms with E-state index in [-0.39, 0.29) is 42.5 Å². The van der Waals surface area contributed by atoms with E-state index in [2.05, 4.69) is 10.3 Å². The first-order chi connectivity index (χ1) is 16.1. The summed E-state index contributed by atoms with van der Waals surface area (Å²) in [5, 5.41) is 17.9. The first-order valence-electron chi connectivity index (χ1n) is 11.6. The van der Waals surface area contributed by atoms with Gasteiger partial charge in [-0.15, -0.1) is 5.10 Å². The average molecular weight is 494 g/mol. The summed E-state index contributed by atoms with van der Waals surface area (Å²) in [7, 11) is -2.19. The van der Waals surface area contributed by atoms with Gasteiger partial charge in [0.05, 0.1) is 36.5 Å². The number of carbonyl (C=O) groups excluding carboxylic acids is 1. The fourth-order valence-electron chi connectivity index (χ4n) is 3.93. The van der Waals surface area contributed by atoms with Gasteiger partial charge in [0.2, 0.25) is 15.9 Å². The Morgan fingerprint density at radius 2 is 2.00 bits per heavy atom. The van der Waals surface area contributed by atoms with Crippen LogP contribution in [0, 0.1) is 12.8 Å². The van der Waals surface area contributed by atoms with E-state index >= 15 is 0 Å². The molecule has 3 rings (SSSR count). The topological polar surface area (TPSA) is 118 Å². The lowest BCUT2D eigenvalue weighted by Gasteiger charge is -2.35. The third kappa shape index (κ3) is 6.41. The van der Waals surface area contributed by atoms with Gasteiger partial charge in [-0.3, -0.25) is 9.48 Å². The predicted molar refractivity (Wildman–Crippen MR) is 126 cm³/mol. The molecular formula is C23H35N5O5S. The summed E-state index contributed by atoms with van der Waals surface area (Å²) in [6.45, 7) is 6.65. The summed E-state index contributed by atoms with van der Waals surface area (Å²) < 4.78 is 35.5. The van der Waals surface area contributed by atoms with Gasteiger partial charge in [0.25, 0.3) is 0 Å². The van der Waals surface area contributed by atoms with Crippen LogP contribution < -0.4 is 0 Å². The Labute approximate surface area is 201 Å². The summed E-state index contributed by atoms with van der Waals surface area (Å²) in [5.41, 5.74) is 1.62. The molecule has 0 fully saturated rings. The third-order valence-electron chi connectivity index (χ3n) is 6.21. The Kier molecular flexibility index (Phi) is 8.80. The zero-order chi connectivity index (χ0) is 24.9. The van der Waals surface area contributed by atoms with E-state index in [4.69, 9.17) is 4.74 Å². The number of benzene rings is 1. The Morgan fingerprint density at radius 1 is 1.29 bits per heavy atom. The zero-order valence-electron chi connectivity index (χ0n) is 20.3. The second kappa shape index (κ2) is 11.4. The van der Waals surface area contributed by atoms with Gasteiger partial charge in [-0.05, 0) is 32.4 Å². The number of amides is 1. The number of rotatable bonds is 6. The molecule has 0 saturated carbocycles. The van der Waals surface area contributed by atoms with Gasteiger partial charge in [0, 0.05) is 39.0 Å². The summed E-state index contributed by atoms with van der Waals surface area (Å²) >= 11 is 0. The van der Waals surface area contributed by atoms with E-state index in [0.29, 0.717) is 31.6 Å². The van der Waals surface area contributed by atoms with Crippen molar-refractivity contribution in [1.82, 2.24) is 24.2 Å². The smallest absolute Gasteiger partial charge is 0.242 e. The van der Waals surface area contributed by atoms with Crippen molar-refractivity contribution in [2.45, 2.75) is 63.8 Å². The van der Waals surface area contributed by atoms with Gasteiger partial charge >= 0.3 is 0 Å². The Morgan fingerprint density at radius 3 is 2.68 bits per heavy atom. The highest BCUT2D eigenvalue weighted by Gasteiger charge is 2.31. The van der Waals surface area contributed by atoms with Crippen molar-refractivity contribution in [1.29, 1.82) is 0 Å². The number of aromatic nitrogens is 3. The quantitative estimate of drug-likeness (QED) is 0.647. The number of aliphatic hydroxyl groups excluding tert-OH is 1. The predicted octanol–water partition coefficient (Wildman–Crippen LogP) is 1.43. The summed E-state index contributed by atoms with van der Waals surface area (Å²) in [5.74, 6) is -0.267. The number of hydrogen-bond acceptors (Lipinski definition) is 7. The lowest BCUT2D eigenvalue weighted by atomic mass is 10.0. The van der Waals surface area contributed by atoms with Crippen LogP contribution in [0.25, 0.3) is 0 Å². The van der Waals surface area contributed by atoms with Crippen LogP contribution in [-0.2, 0) is 32.7 Å². The molecule has 10 nitrogen and oxygen atoms in total. The molecule has 34 heavy (non-hydrogen) atoms. The normalized spacial score (nSPS) is 21.6. The summed E-state index contributed by atoms with van der Waals surface area (Å²) in [6.07, 6.45) is 2.19. The number of aryl methyl sites for hydroxylation is 2. The highest BCUT2D eigenvalue weighted by Crippen LogP contribution is 2.21. The summed E-state index contributed by atoms with van der Waals surface area (Å²) in [4.78, 5) is 14.8. The molecule has 1 aromatic carbocycles. The van der Waals surface area contributed by atoms with Crippen LogP contribution in [0.15, 0.2) is 35.4 Å². The van der Waals surface area contributed by atoms with Gasteiger partial charge < -0.3 is 14.7 Å². The van der Waals surface area contributed by atoms with Gasteiger partial charge in [-0.1, -0.05) is 29.8 Å². The Hall–Kier alpha value is -2.34. The SMILES string of the molecule is Cc1ccc(S(=O)(=O)N(C)C[C@@H]2OCc3cn(nn3)CCCC(=O)N([C@@H](C)CO)C[C@H]2C)cc1. The van der Waals surface area contributed by atoms with Crippen LogP contribution in [0.2, 0.25) is 0 Å². The fourth-order valence-corrected chi connectivity index (χ4v) is 5.12. The number of nitrogens with zero attached hydrogens (tertiary/aromatic N) is 5. The van der Waals surface area contributed by atoms with Crippen molar-refractivity contribution in [3.63, 3.8) is 0 Å². The molecule has 0 aliphatic carbocycles. The number of aliphatic hydroxyl groups is 1. The minimum Gasteiger partial charge on any atom is -0.394 e. The molecule has 0 unspecified atom stereocenters. The molecule has 0 spiro atoms. The van der Waals surface area contributed by atoms with Gasteiger partial charge in [-0.2, -0.15) is 4.31 Å². The minimum absolute atomic E-state index is 0.0626. The average Bonchev–Trinajstić information content (AvgIpc) is 3.26. The number of fused-ring (bicyclic) bond motifs is 2. The van der Waals surface area contributed by atoms with E-state index in [1.165, 1.54) is 11.4 Å². The van der Waals surface area contributed by atoms with Crippen LogP contribution >= 0.6 is 0 Å². The van der Waals surface area contributed by atoms with Crippen LogP contribution in [0.4, 0.5) is 0 Å². The largest absolute Gasteiger partial charge is 0.394 e. The van der Waals surface area contributed by atoms with Crippen LogP contribution in [0.3, 0.4) is 0 Å². The number of ether oxygens (including phenoxy) is 1. The molecule has 1 amide bonds. The van der Waals surface area contributed by atoms with E-state index in [9.17, 15) is 18.3 Å². The number of sulfonamides is 1. The van der Waals surface area contributed by atoms with Crippen molar-refractivity contribution < 1.29 is 23.1 Å². The molecule has 188 valence electrons.